The summed E-state index contributed by atoms with van der Waals surface area (Å²) in [6.45, 7) is 3.28. The lowest BCUT2D eigenvalue weighted by Crippen LogP contribution is -2.32. The lowest BCUT2D eigenvalue weighted by molar-refractivity contribution is -0.0555. The first-order valence-corrected chi connectivity index (χ1v) is 7.47. The maximum absolute atomic E-state index is 10.7. The Kier molecular flexibility index (Phi) is 4.79. The molecule has 1 unspecified atom stereocenters. The van der Waals surface area contributed by atoms with Crippen molar-refractivity contribution in [3.05, 3.63) is 24.7 Å². The Bertz CT molecular complexity index is 517. The summed E-state index contributed by atoms with van der Waals surface area (Å²) in [6, 6.07) is 0. The third-order valence-electron chi connectivity index (χ3n) is 2.96. The average molecular weight is 321 g/mol. The van der Waals surface area contributed by atoms with Crippen molar-refractivity contribution in [3.63, 3.8) is 0 Å². The lowest BCUT2D eigenvalue weighted by Gasteiger charge is -2.28. The molecule has 21 heavy (non-hydrogen) atoms. The van der Waals surface area contributed by atoms with Gasteiger partial charge in [-0.1, -0.05) is 6.58 Å². The summed E-state index contributed by atoms with van der Waals surface area (Å²) in [6.07, 6.45) is 0.883. The molecule has 1 saturated heterocycles. The number of aliphatic hydroxyl groups is 1. The number of phosphoric acid groups is 1. The number of aliphatic hydroxyl groups excluding tert-OH is 1. The molecular weight excluding hydrogens is 305 g/mol. The van der Waals surface area contributed by atoms with Crippen LogP contribution in [0.1, 0.15) is 6.42 Å². The van der Waals surface area contributed by atoms with Crippen molar-refractivity contribution in [1.82, 2.24) is 4.90 Å². The molecule has 11 heteroatoms. The molecule has 0 aromatic rings. The van der Waals surface area contributed by atoms with E-state index in [4.69, 9.17) is 20.4 Å². The maximum Gasteiger partial charge on any atom is 0.469 e. The Morgan fingerprint density at radius 2 is 2.33 bits per heavy atom. The van der Waals surface area contributed by atoms with Crippen molar-refractivity contribution in [2.45, 2.75) is 24.9 Å². The van der Waals surface area contributed by atoms with Crippen LogP contribution < -0.4 is 5.90 Å². The van der Waals surface area contributed by atoms with E-state index < -0.39 is 32.9 Å². The van der Waals surface area contributed by atoms with Gasteiger partial charge < -0.3 is 29.4 Å². The third kappa shape index (κ3) is 4.11. The molecule has 2 heterocycles. The van der Waals surface area contributed by atoms with E-state index in [1.807, 2.05) is 0 Å². The predicted octanol–water partition coefficient (Wildman–Crippen LogP) is -0.839. The predicted molar refractivity (Wildman–Crippen MR) is 70.1 cm³/mol. The zero-order chi connectivity index (χ0) is 15.6. The Hall–Kier alpha value is -1.26. The van der Waals surface area contributed by atoms with E-state index >= 15 is 0 Å². The van der Waals surface area contributed by atoms with Crippen molar-refractivity contribution in [2.24, 2.45) is 10.9 Å². The average Bonchev–Trinajstić information content (AvgIpc) is 2.76. The van der Waals surface area contributed by atoms with E-state index in [2.05, 4.69) is 20.9 Å². The molecule has 0 aromatic carbocycles. The molecule has 1 fully saturated rings. The van der Waals surface area contributed by atoms with E-state index in [0.717, 1.165) is 0 Å². The van der Waals surface area contributed by atoms with Crippen LogP contribution in [0.25, 0.3) is 0 Å². The molecule has 0 bridgehead atoms. The van der Waals surface area contributed by atoms with Crippen LogP contribution in [0, 0.1) is 0 Å². The van der Waals surface area contributed by atoms with Gasteiger partial charge >= 0.3 is 7.82 Å². The summed E-state index contributed by atoms with van der Waals surface area (Å²) >= 11 is 0. The smallest absolute Gasteiger partial charge is 0.391 e. The largest absolute Gasteiger partial charge is 0.469 e. The van der Waals surface area contributed by atoms with Crippen molar-refractivity contribution in [3.8, 4) is 0 Å². The Labute approximate surface area is 120 Å². The van der Waals surface area contributed by atoms with Gasteiger partial charge in [0.15, 0.2) is 0 Å². The number of rotatable bonds is 4. The highest BCUT2D eigenvalue weighted by Crippen LogP contribution is 2.37. The van der Waals surface area contributed by atoms with Crippen LogP contribution in [-0.2, 0) is 18.7 Å². The second kappa shape index (κ2) is 6.24. The zero-order valence-electron chi connectivity index (χ0n) is 10.9. The molecule has 0 amide bonds. The van der Waals surface area contributed by atoms with Gasteiger partial charge in [-0.2, -0.15) is 10.9 Å². The molecule has 0 spiro atoms. The van der Waals surface area contributed by atoms with Gasteiger partial charge in [-0.3, -0.25) is 4.52 Å². The monoisotopic (exact) mass is 321 g/mol. The standard InChI is InChI=1S/C10H16N3O7P/c1-6-12-9(20-11)2-3-13(6)10-4-7(14)8(19-10)5-18-21(15,16)17/h2-3,7-8,10,14H,1,4-5,11H2,(H2,15,16,17)/t7?,8-,10-/m1/s1. The molecule has 0 aromatic heterocycles. The topological polar surface area (TPSA) is 147 Å². The van der Waals surface area contributed by atoms with Gasteiger partial charge in [-0.15, -0.1) is 0 Å². The number of hydrogen-bond acceptors (Lipinski definition) is 8. The van der Waals surface area contributed by atoms with Crippen LogP contribution in [-0.4, -0.2) is 50.7 Å². The number of aliphatic imine (C=N–C) groups is 1. The molecular formula is C10H16N3O7P. The molecule has 0 aliphatic carbocycles. The maximum atomic E-state index is 10.7. The van der Waals surface area contributed by atoms with Gasteiger partial charge in [-0.25, -0.2) is 4.57 Å². The molecule has 2 aliphatic rings. The Morgan fingerprint density at radius 1 is 1.62 bits per heavy atom. The Morgan fingerprint density at radius 3 is 2.90 bits per heavy atom. The fourth-order valence-electron chi connectivity index (χ4n) is 1.99. The first-order chi connectivity index (χ1) is 9.80. The molecule has 5 N–H and O–H groups in total. The van der Waals surface area contributed by atoms with Crippen LogP contribution in [0.2, 0.25) is 0 Å². The summed E-state index contributed by atoms with van der Waals surface area (Å²) in [5, 5.41) is 9.85. The minimum atomic E-state index is -4.61. The molecule has 10 nitrogen and oxygen atoms in total. The highest BCUT2D eigenvalue weighted by molar-refractivity contribution is 7.46. The normalized spacial score (nSPS) is 29.7. The summed E-state index contributed by atoms with van der Waals surface area (Å²) in [5.74, 6) is 5.46. The SMILES string of the molecule is C=C1N=C(ON)C=CN1[C@H]1CC(O)[C@@H](COP(=O)(O)O)O1. The van der Waals surface area contributed by atoms with Gasteiger partial charge in [0.1, 0.15) is 18.2 Å². The molecule has 0 radical (unpaired) electrons. The number of nitrogens with zero attached hydrogens (tertiary/aromatic N) is 2. The van der Waals surface area contributed by atoms with Crippen LogP contribution >= 0.6 is 7.82 Å². The molecule has 2 rings (SSSR count). The van der Waals surface area contributed by atoms with Gasteiger partial charge in [0.25, 0.3) is 0 Å². The summed E-state index contributed by atoms with van der Waals surface area (Å²) in [7, 11) is -4.61. The summed E-state index contributed by atoms with van der Waals surface area (Å²) in [4.78, 5) is 27.3. The van der Waals surface area contributed by atoms with E-state index in [0.29, 0.717) is 5.82 Å². The minimum Gasteiger partial charge on any atom is -0.391 e. The van der Waals surface area contributed by atoms with E-state index in [1.54, 1.807) is 11.1 Å². The van der Waals surface area contributed by atoms with Crippen molar-refractivity contribution in [2.75, 3.05) is 6.61 Å². The molecule has 0 saturated carbocycles. The van der Waals surface area contributed by atoms with Gasteiger partial charge in [0.2, 0.25) is 5.90 Å². The van der Waals surface area contributed by atoms with E-state index in [1.165, 1.54) is 6.08 Å². The van der Waals surface area contributed by atoms with Crippen molar-refractivity contribution in [1.29, 1.82) is 0 Å². The molecule has 2 aliphatic heterocycles. The third-order valence-corrected chi connectivity index (χ3v) is 3.44. The van der Waals surface area contributed by atoms with E-state index in [9.17, 15) is 9.67 Å². The first kappa shape index (κ1) is 16.1. The number of hydrogen-bond donors (Lipinski definition) is 4. The number of nitrogens with two attached hydrogens (primary N) is 1. The zero-order valence-corrected chi connectivity index (χ0v) is 11.8. The van der Waals surface area contributed by atoms with Gasteiger partial charge in [-0.05, 0) is 0 Å². The second-order valence-electron chi connectivity index (χ2n) is 4.43. The Balaban J connectivity index is 1.95. The summed E-state index contributed by atoms with van der Waals surface area (Å²) in [5.41, 5.74) is 0. The first-order valence-electron chi connectivity index (χ1n) is 5.94. The fourth-order valence-corrected chi connectivity index (χ4v) is 2.33. The van der Waals surface area contributed by atoms with Crippen LogP contribution in [0.5, 0.6) is 0 Å². The van der Waals surface area contributed by atoms with Gasteiger partial charge in [0.05, 0.1) is 12.7 Å². The van der Waals surface area contributed by atoms with E-state index in [-0.39, 0.29) is 12.3 Å². The minimum absolute atomic E-state index is 0.177. The van der Waals surface area contributed by atoms with Gasteiger partial charge in [0, 0.05) is 18.7 Å². The van der Waals surface area contributed by atoms with Crippen molar-refractivity contribution >= 4 is 13.7 Å². The fraction of sp³-hybridized carbons (Fsp3) is 0.500. The van der Waals surface area contributed by atoms with Crippen LogP contribution in [0.15, 0.2) is 29.7 Å². The van der Waals surface area contributed by atoms with Crippen LogP contribution in [0.3, 0.4) is 0 Å². The van der Waals surface area contributed by atoms with Crippen molar-refractivity contribution < 1.29 is 33.6 Å². The highest BCUT2D eigenvalue weighted by atomic mass is 31.2. The molecule has 3 atom stereocenters. The number of phosphoric ester groups is 1. The molecule has 118 valence electrons. The number of ether oxygens (including phenoxy) is 1. The lowest BCUT2D eigenvalue weighted by atomic mass is 10.2. The summed E-state index contributed by atoms with van der Waals surface area (Å²) < 4.78 is 20.5. The highest BCUT2D eigenvalue weighted by Gasteiger charge is 2.39. The van der Waals surface area contributed by atoms with Crippen LogP contribution in [0.4, 0.5) is 0 Å². The quantitative estimate of drug-likeness (QED) is 0.384. The second-order valence-corrected chi connectivity index (χ2v) is 5.67.